The Kier molecular flexibility index (Phi) is 3.13. The Morgan fingerprint density at radius 1 is 1.47 bits per heavy atom. The summed E-state index contributed by atoms with van der Waals surface area (Å²) in [5.74, 6) is -0.566. The molecule has 1 N–H and O–H groups in total. The SMILES string of the molecule is CCCOC(=O)c1ccc2c(c1)C(C)C(=O)N2. The lowest BCUT2D eigenvalue weighted by molar-refractivity contribution is -0.116. The highest BCUT2D eigenvalue weighted by Crippen LogP contribution is 2.32. The monoisotopic (exact) mass is 233 g/mol. The topological polar surface area (TPSA) is 55.4 Å². The number of amides is 1. The molecule has 0 aliphatic carbocycles. The van der Waals surface area contributed by atoms with Gasteiger partial charge in [0.15, 0.2) is 0 Å². The molecule has 1 heterocycles. The van der Waals surface area contributed by atoms with Crippen molar-refractivity contribution in [1.82, 2.24) is 0 Å². The van der Waals surface area contributed by atoms with Gasteiger partial charge in [-0.1, -0.05) is 6.92 Å². The number of hydrogen-bond acceptors (Lipinski definition) is 3. The first-order chi connectivity index (χ1) is 8.13. The number of rotatable bonds is 3. The largest absolute Gasteiger partial charge is 0.462 e. The van der Waals surface area contributed by atoms with Crippen LogP contribution in [0.3, 0.4) is 0 Å². The van der Waals surface area contributed by atoms with Crippen molar-refractivity contribution in [3.8, 4) is 0 Å². The highest BCUT2D eigenvalue weighted by molar-refractivity contribution is 6.03. The Bertz CT molecular complexity index is 468. The van der Waals surface area contributed by atoms with Crippen LogP contribution >= 0.6 is 0 Å². The molecule has 2 rings (SSSR count). The van der Waals surface area contributed by atoms with Gasteiger partial charge in [0, 0.05) is 5.69 Å². The molecule has 1 aromatic rings. The fourth-order valence-corrected chi connectivity index (χ4v) is 1.82. The Morgan fingerprint density at radius 2 is 2.24 bits per heavy atom. The molecule has 4 heteroatoms. The molecule has 4 nitrogen and oxygen atoms in total. The summed E-state index contributed by atoms with van der Waals surface area (Å²) in [7, 11) is 0. The molecule has 1 aromatic carbocycles. The summed E-state index contributed by atoms with van der Waals surface area (Å²) in [6.45, 7) is 4.19. The van der Waals surface area contributed by atoms with Crippen molar-refractivity contribution in [3.05, 3.63) is 29.3 Å². The summed E-state index contributed by atoms with van der Waals surface area (Å²) in [4.78, 5) is 23.1. The van der Waals surface area contributed by atoms with Gasteiger partial charge in [0.25, 0.3) is 0 Å². The minimum absolute atomic E-state index is 0.0286. The van der Waals surface area contributed by atoms with Gasteiger partial charge in [-0.05, 0) is 37.1 Å². The standard InChI is InChI=1S/C13H15NO3/c1-3-6-17-13(16)9-4-5-11-10(7-9)8(2)12(15)14-11/h4-5,7-8H,3,6H2,1-2H3,(H,14,15). The van der Waals surface area contributed by atoms with Crippen LogP contribution in [0.25, 0.3) is 0 Å². The molecule has 1 amide bonds. The first-order valence-corrected chi connectivity index (χ1v) is 5.75. The second-order valence-corrected chi connectivity index (χ2v) is 4.15. The summed E-state index contributed by atoms with van der Waals surface area (Å²) >= 11 is 0. The van der Waals surface area contributed by atoms with E-state index in [0.717, 1.165) is 17.7 Å². The predicted octanol–water partition coefficient (Wildman–Crippen LogP) is 2.31. The molecular weight excluding hydrogens is 218 g/mol. The Hall–Kier alpha value is -1.84. The van der Waals surface area contributed by atoms with E-state index in [1.54, 1.807) is 18.2 Å². The minimum atomic E-state index is -0.332. The molecular formula is C13H15NO3. The van der Waals surface area contributed by atoms with Crippen LogP contribution in [0, 0.1) is 0 Å². The van der Waals surface area contributed by atoms with Crippen LogP contribution in [-0.4, -0.2) is 18.5 Å². The van der Waals surface area contributed by atoms with Gasteiger partial charge >= 0.3 is 5.97 Å². The van der Waals surface area contributed by atoms with Gasteiger partial charge in [0.05, 0.1) is 18.1 Å². The first kappa shape index (κ1) is 11.6. The Labute approximate surface area is 100.0 Å². The van der Waals surface area contributed by atoms with E-state index in [9.17, 15) is 9.59 Å². The van der Waals surface area contributed by atoms with E-state index in [0.29, 0.717) is 12.2 Å². The number of nitrogens with one attached hydrogen (secondary N) is 1. The zero-order chi connectivity index (χ0) is 12.4. The molecule has 0 aromatic heterocycles. The number of hydrogen-bond donors (Lipinski definition) is 1. The number of ether oxygens (including phenoxy) is 1. The molecule has 90 valence electrons. The summed E-state index contributed by atoms with van der Waals surface area (Å²) in [6, 6.07) is 5.16. The maximum Gasteiger partial charge on any atom is 0.338 e. The van der Waals surface area contributed by atoms with Crippen LogP contribution in [0.2, 0.25) is 0 Å². The second kappa shape index (κ2) is 4.57. The van der Waals surface area contributed by atoms with Crippen LogP contribution in [0.4, 0.5) is 5.69 Å². The molecule has 0 bridgehead atoms. The Balaban J connectivity index is 2.23. The Morgan fingerprint density at radius 3 is 2.94 bits per heavy atom. The van der Waals surface area contributed by atoms with Crippen molar-refractivity contribution >= 4 is 17.6 Å². The highest BCUT2D eigenvalue weighted by atomic mass is 16.5. The molecule has 1 unspecified atom stereocenters. The number of carbonyl (C=O) groups excluding carboxylic acids is 2. The quantitative estimate of drug-likeness (QED) is 0.815. The summed E-state index contributed by atoms with van der Waals surface area (Å²) < 4.78 is 5.05. The van der Waals surface area contributed by atoms with Gasteiger partial charge in [-0.15, -0.1) is 0 Å². The molecule has 1 atom stereocenters. The fraction of sp³-hybridized carbons (Fsp3) is 0.385. The van der Waals surface area contributed by atoms with Crippen molar-refractivity contribution in [2.24, 2.45) is 0 Å². The normalized spacial score (nSPS) is 17.5. The van der Waals surface area contributed by atoms with E-state index in [1.807, 2.05) is 13.8 Å². The average Bonchev–Trinajstić information content (AvgIpc) is 2.62. The number of anilines is 1. The summed E-state index contributed by atoms with van der Waals surface area (Å²) in [6.07, 6.45) is 0.799. The van der Waals surface area contributed by atoms with E-state index in [2.05, 4.69) is 5.32 Å². The minimum Gasteiger partial charge on any atom is -0.462 e. The van der Waals surface area contributed by atoms with E-state index < -0.39 is 0 Å². The van der Waals surface area contributed by atoms with Gasteiger partial charge in [0.1, 0.15) is 0 Å². The summed E-state index contributed by atoms with van der Waals surface area (Å²) in [5.41, 5.74) is 2.15. The van der Waals surface area contributed by atoms with Crippen LogP contribution in [0.1, 0.15) is 42.1 Å². The van der Waals surface area contributed by atoms with Gasteiger partial charge in [0.2, 0.25) is 5.91 Å². The number of fused-ring (bicyclic) bond motifs is 1. The van der Waals surface area contributed by atoms with E-state index in [1.165, 1.54) is 0 Å². The highest BCUT2D eigenvalue weighted by Gasteiger charge is 2.27. The number of esters is 1. The van der Waals surface area contributed by atoms with Crippen molar-refractivity contribution in [3.63, 3.8) is 0 Å². The zero-order valence-electron chi connectivity index (χ0n) is 9.95. The number of carbonyl (C=O) groups is 2. The van der Waals surface area contributed by atoms with Crippen molar-refractivity contribution in [2.75, 3.05) is 11.9 Å². The molecule has 17 heavy (non-hydrogen) atoms. The maximum atomic E-state index is 11.7. The van der Waals surface area contributed by atoms with Gasteiger partial charge in [-0.3, -0.25) is 4.79 Å². The molecule has 0 saturated carbocycles. The lowest BCUT2D eigenvalue weighted by Crippen LogP contribution is -2.08. The average molecular weight is 233 g/mol. The molecule has 0 spiro atoms. The first-order valence-electron chi connectivity index (χ1n) is 5.75. The smallest absolute Gasteiger partial charge is 0.338 e. The van der Waals surface area contributed by atoms with Crippen molar-refractivity contribution in [2.45, 2.75) is 26.2 Å². The third kappa shape index (κ3) is 2.16. The van der Waals surface area contributed by atoms with E-state index in [4.69, 9.17) is 4.74 Å². The lowest BCUT2D eigenvalue weighted by atomic mass is 10.0. The third-order valence-electron chi connectivity index (χ3n) is 2.84. The molecule has 0 radical (unpaired) electrons. The molecule has 1 aliphatic rings. The lowest BCUT2D eigenvalue weighted by Gasteiger charge is -2.06. The van der Waals surface area contributed by atoms with Crippen LogP contribution in [0.5, 0.6) is 0 Å². The zero-order valence-corrected chi connectivity index (χ0v) is 9.95. The molecule has 0 fully saturated rings. The van der Waals surface area contributed by atoms with Crippen molar-refractivity contribution < 1.29 is 14.3 Å². The van der Waals surface area contributed by atoms with Crippen LogP contribution < -0.4 is 5.32 Å². The van der Waals surface area contributed by atoms with Gasteiger partial charge < -0.3 is 10.1 Å². The molecule has 0 saturated heterocycles. The number of benzene rings is 1. The molecule has 1 aliphatic heterocycles. The van der Waals surface area contributed by atoms with Crippen molar-refractivity contribution in [1.29, 1.82) is 0 Å². The third-order valence-corrected chi connectivity index (χ3v) is 2.84. The second-order valence-electron chi connectivity index (χ2n) is 4.15. The fourth-order valence-electron chi connectivity index (χ4n) is 1.82. The predicted molar refractivity (Wildman–Crippen MR) is 64.1 cm³/mol. The van der Waals surface area contributed by atoms with Gasteiger partial charge in [-0.2, -0.15) is 0 Å². The van der Waals surface area contributed by atoms with Crippen LogP contribution in [-0.2, 0) is 9.53 Å². The maximum absolute atomic E-state index is 11.7. The van der Waals surface area contributed by atoms with E-state index >= 15 is 0 Å². The van der Waals surface area contributed by atoms with E-state index in [-0.39, 0.29) is 17.8 Å². The van der Waals surface area contributed by atoms with Gasteiger partial charge in [-0.25, -0.2) is 4.79 Å². The summed E-state index contributed by atoms with van der Waals surface area (Å²) in [5, 5.41) is 2.77. The van der Waals surface area contributed by atoms with Crippen LogP contribution in [0.15, 0.2) is 18.2 Å².